The highest BCUT2D eigenvalue weighted by atomic mass is 15.0. The van der Waals surface area contributed by atoms with E-state index in [2.05, 4.69) is 48.4 Å². The summed E-state index contributed by atoms with van der Waals surface area (Å²) in [6.07, 6.45) is 4.37. The van der Waals surface area contributed by atoms with E-state index >= 15 is 0 Å². The molecule has 0 aliphatic carbocycles. The van der Waals surface area contributed by atoms with Gasteiger partial charge in [0, 0.05) is 22.8 Å². The van der Waals surface area contributed by atoms with Gasteiger partial charge in [-0.15, -0.1) is 0 Å². The quantitative estimate of drug-likeness (QED) is 0.808. The molecule has 0 amide bonds. The lowest BCUT2D eigenvalue weighted by atomic mass is 9.89. The second kappa shape index (κ2) is 3.81. The molecule has 1 saturated heterocycles. The van der Waals surface area contributed by atoms with E-state index in [0.717, 1.165) is 12.2 Å². The molecule has 1 unspecified atom stereocenters. The number of nitrogens with zero attached hydrogens (tertiary/aromatic N) is 1. The van der Waals surface area contributed by atoms with E-state index in [9.17, 15) is 0 Å². The fourth-order valence-electron chi connectivity index (χ4n) is 2.80. The molecule has 2 nitrogen and oxygen atoms in total. The van der Waals surface area contributed by atoms with Crippen LogP contribution in [0.4, 0.5) is 0 Å². The summed E-state index contributed by atoms with van der Waals surface area (Å²) in [7, 11) is 0. The van der Waals surface area contributed by atoms with Gasteiger partial charge in [-0.1, -0.05) is 12.1 Å². The third-order valence-electron chi connectivity index (χ3n) is 3.97. The van der Waals surface area contributed by atoms with Crippen LogP contribution in [-0.2, 0) is 5.54 Å². The summed E-state index contributed by atoms with van der Waals surface area (Å²) >= 11 is 0. The normalized spacial score (nSPS) is 24.4. The fourth-order valence-corrected chi connectivity index (χ4v) is 2.80. The first-order valence-corrected chi connectivity index (χ1v) is 6.30. The predicted molar refractivity (Wildman–Crippen MR) is 71.1 cm³/mol. The molecule has 1 fully saturated rings. The molecule has 2 heteroatoms. The Bertz CT molecular complexity index is 554. The zero-order valence-corrected chi connectivity index (χ0v) is 10.5. The van der Waals surface area contributed by atoms with Gasteiger partial charge >= 0.3 is 0 Å². The number of rotatable bonds is 1. The molecule has 1 aromatic carbocycles. The Morgan fingerprint density at radius 1 is 1.29 bits per heavy atom. The van der Waals surface area contributed by atoms with E-state index in [1.807, 2.05) is 6.20 Å². The second-order valence-electron chi connectivity index (χ2n) is 5.19. The van der Waals surface area contributed by atoms with Crippen molar-refractivity contribution >= 4 is 10.8 Å². The first-order chi connectivity index (χ1) is 8.19. The molecular formula is C15H18N2. The molecule has 0 radical (unpaired) electrons. The van der Waals surface area contributed by atoms with Crippen molar-refractivity contribution < 1.29 is 0 Å². The van der Waals surface area contributed by atoms with Gasteiger partial charge in [-0.2, -0.15) is 0 Å². The van der Waals surface area contributed by atoms with Gasteiger partial charge in [0.25, 0.3) is 0 Å². The first-order valence-electron chi connectivity index (χ1n) is 6.30. The summed E-state index contributed by atoms with van der Waals surface area (Å²) in [5, 5.41) is 6.17. The van der Waals surface area contributed by atoms with Crippen molar-refractivity contribution in [2.45, 2.75) is 32.2 Å². The molecule has 2 aromatic rings. The zero-order chi connectivity index (χ0) is 11.9. The highest BCUT2D eigenvalue weighted by Gasteiger charge is 2.29. The summed E-state index contributed by atoms with van der Waals surface area (Å²) in [5.41, 5.74) is 2.65. The molecule has 1 aliphatic rings. The second-order valence-corrected chi connectivity index (χ2v) is 5.19. The van der Waals surface area contributed by atoms with E-state index in [1.54, 1.807) is 0 Å². The van der Waals surface area contributed by atoms with Crippen LogP contribution in [0.25, 0.3) is 10.8 Å². The van der Waals surface area contributed by atoms with Crippen LogP contribution in [0.15, 0.2) is 30.5 Å². The molecule has 1 N–H and O–H groups in total. The van der Waals surface area contributed by atoms with Crippen LogP contribution in [0, 0.1) is 6.92 Å². The summed E-state index contributed by atoms with van der Waals surface area (Å²) < 4.78 is 0. The third-order valence-corrected chi connectivity index (χ3v) is 3.97. The molecule has 2 heterocycles. The highest BCUT2D eigenvalue weighted by Crippen LogP contribution is 2.32. The molecular weight excluding hydrogens is 208 g/mol. The monoisotopic (exact) mass is 226 g/mol. The number of hydrogen-bond acceptors (Lipinski definition) is 2. The summed E-state index contributed by atoms with van der Waals surface area (Å²) in [5.74, 6) is 0. The first kappa shape index (κ1) is 10.7. The topological polar surface area (TPSA) is 24.9 Å². The predicted octanol–water partition coefficient (Wildman–Crippen LogP) is 3.14. The zero-order valence-electron chi connectivity index (χ0n) is 10.5. The molecule has 3 rings (SSSR count). The average Bonchev–Trinajstić information content (AvgIpc) is 2.78. The van der Waals surface area contributed by atoms with E-state index in [-0.39, 0.29) is 5.54 Å². The van der Waals surface area contributed by atoms with Crippen molar-refractivity contribution in [2.75, 3.05) is 6.54 Å². The number of benzene rings is 1. The van der Waals surface area contributed by atoms with Crippen molar-refractivity contribution in [3.05, 3.63) is 41.7 Å². The van der Waals surface area contributed by atoms with Gasteiger partial charge in [-0.3, -0.25) is 4.98 Å². The van der Waals surface area contributed by atoms with Gasteiger partial charge in [0.15, 0.2) is 0 Å². The standard InChI is InChI=1S/C15H18N2/c1-11-14-10-13(15(2)7-3-8-17-15)5-4-12(14)6-9-16-11/h4-6,9-10,17H,3,7-8H2,1-2H3. The van der Waals surface area contributed by atoms with Crippen LogP contribution >= 0.6 is 0 Å². The van der Waals surface area contributed by atoms with Crippen molar-refractivity contribution in [3.63, 3.8) is 0 Å². The molecule has 0 saturated carbocycles. The summed E-state index contributed by atoms with van der Waals surface area (Å²) in [6.45, 7) is 5.50. The number of hydrogen-bond donors (Lipinski definition) is 1. The molecule has 1 aliphatic heterocycles. The van der Waals surface area contributed by atoms with Crippen LogP contribution in [0.5, 0.6) is 0 Å². The Balaban J connectivity index is 2.16. The Labute approximate surface area is 102 Å². The van der Waals surface area contributed by atoms with Gasteiger partial charge in [0.1, 0.15) is 0 Å². The third kappa shape index (κ3) is 1.73. The fraction of sp³-hybridized carbons (Fsp3) is 0.400. The van der Waals surface area contributed by atoms with Crippen LogP contribution in [0.2, 0.25) is 0 Å². The van der Waals surface area contributed by atoms with Gasteiger partial charge in [-0.25, -0.2) is 0 Å². The van der Waals surface area contributed by atoms with Crippen LogP contribution in [-0.4, -0.2) is 11.5 Å². The lowest BCUT2D eigenvalue weighted by molar-refractivity contribution is 0.435. The number of aryl methyl sites for hydroxylation is 1. The number of nitrogens with one attached hydrogen (secondary N) is 1. The summed E-state index contributed by atoms with van der Waals surface area (Å²) in [4.78, 5) is 4.38. The minimum Gasteiger partial charge on any atom is -0.308 e. The molecule has 1 aromatic heterocycles. The maximum atomic E-state index is 4.38. The Morgan fingerprint density at radius 3 is 2.94 bits per heavy atom. The van der Waals surface area contributed by atoms with Crippen molar-refractivity contribution in [2.24, 2.45) is 0 Å². The molecule has 1 atom stereocenters. The lowest BCUT2D eigenvalue weighted by Crippen LogP contribution is -2.32. The molecule has 0 spiro atoms. The van der Waals surface area contributed by atoms with Gasteiger partial charge in [0.05, 0.1) is 0 Å². The average molecular weight is 226 g/mol. The lowest BCUT2D eigenvalue weighted by Gasteiger charge is -2.25. The van der Waals surface area contributed by atoms with Crippen molar-refractivity contribution in [1.29, 1.82) is 0 Å². The Kier molecular flexibility index (Phi) is 2.40. The number of pyridine rings is 1. The SMILES string of the molecule is Cc1nccc2ccc(C3(C)CCCN3)cc12. The Morgan fingerprint density at radius 2 is 2.18 bits per heavy atom. The molecule has 0 bridgehead atoms. The highest BCUT2D eigenvalue weighted by molar-refractivity contribution is 5.85. The molecule has 88 valence electrons. The minimum atomic E-state index is 0.149. The maximum Gasteiger partial charge on any atom is 0.0451 e. The van der Waals surface area contributed by atoms with E-state index in [1.165, 1.54) is 29.2 Å². The van der Waals surface area contributed by atoms with E-state index in [0.29, 0.717) is 0 Å². The van der Waals surface area contributed by atoms with Crippen molar-refractivity contribution in [3.8, 4) is 0 Å². The van der Waals surface area contributed by atoms with Crippen LogP contribution in [0.3, 0.4) is 0 Å². The van der Waals surface area contributed by atoms with E-state index < -0.39 is 0 Å². The van der Waals surface area contributed by atoms with Crippen molar-refractivity contribution in [1.82, 2.24) is 10.3 Å². The smallest absolute Gasteiger partial charge is 0.0451 e. The van der Waals surface area contributed by atoms with Gasteiger partial charge in [0.2, 0.25) is 0 Å². The van der Waals surface area contributed by atoms with E-state index in [4.69, 9.17) is 0 Å². The largest absolute Gasteiger partial charge is 0.308 e. The minimum absolute atomic E-state index is 0.149. The summed E-state index contributed by atoms with van der Waals surface area (Å²) in [6, 6.07) is 8.84. The number of aromatic nitrogens is 1. The Hall–Kier alpha value is -1.41. The van der Waals surface area contributed by atoms with Crippen LogP contribution < -0.4 is 5.32 Å². The van der Waals surface area contributed by atoms with Gasteiger partial charge < -0.3 is 5.32 Å². The van der Waals surface area contributed by atoms with Crippen LogP contribution in [0.1, 0.15) is 31.0 Å². The number of fused-ring (bicyclic) bond motifs is 1. The maximum absolute atomic E-state index is 4.38. The van der Waals surface area contributed by atoms with Gasteiger partial charge in [-0.05, 0) is 56.3 Å². The molecule has 17 heavy (non-hydrogen) atoms.